The van der Waals surface area contributed by atoms with Crippen molar-refractivity contribution in [1.29, 1.82) is 0 Å². The molecule has 1 heterocycles. The summed E-state index contributed by atoms with van der Waals surface area (Å²) >= 11 is 0. The molecule has 1 fully saturated rings. The van der Waals surface area contributed by atoms with E-state index in [-0.39, 0.29) is 29.2 Å². The third-order valence-corrected chi connectivity index (χ3v) is 6.02. The molecule has 1 aliphatic carbocycles. The second-order valence-corrected chi connectivity index (χ2v) is 8.49. The van der Waals surface area contributed by atoms with Gasteiger partial charge in [0.05, 0.1) is 19.0 Å². The number of carbonyl (C=O) groups excluding carboxylic acids is 1. The second kappa shape index (κ2) is 9.02. The van der Waals surface area contributed by atoms with Crippen LogP contribution in [0.4, 0.5) is 4.39 Å². The van der Waals surface area contributed by atoms with Crippen molar-refractivity contribution in [3.05, 3.63) is 71.3 Å². The van der Waals surface area contributed by atoms with E-state index >= 15 is 0 Å². The molecule has 0 bridgehead atoms. The highest BCUT2D eigenvalue weighted by molar-refractivity contribution is 5.90. The number of carbonyl (C=O) groups is 1. The molecule has 1 saturated carbocycles. The van der Waals surface area contributed by atoms with Crippen LogP contribution in [0.5, 0.6) is 11.5 Å². The van der Waals surface area contributed by atoms with Crippen molar-refractivity contribution in [3.8, 4) is 17.2 Å². The summed E-state index contributed by atoms with van der Waals surface area (Å²) in [4.78, 5) is 12.7. The fraction of sp³-hybridized carbons (Fsp3) is 0.360. The highest BCUT2D eigenvalue weighted by Crippen LogP contribution is 2.37. The van der Waals surface area contributed by atoms with Gasteiger partial charge in [0.1, 0.15) is 6.10 Å². The van der Waals surface area contributed by atoms with Gasteiger partial charge in [-0.15, -0.1) is 0 Å². The minimum absolute atomic E-state index is 0.0961. The van der Waals surface area contributed by atoms with Gasteiger partial charge in [-0.2, -0.15) is 5.10 Å². The van der Waals surface area contributed by atoms with Crippen LogP contribution in [0.2, 0.25) is 0 Å². The summed E-state index contributed by atoms with van der Waals surface area (Å²) in [6, 6.07) is 12.7. The quantitative estimate of drug-likeness (QED) is 0.526. The van der Waals surface area contributed by atoms with Gasteiger partial charge < -0.3 is 14.6 Å². The molecule has 32 heavy (non-hydrogen) atoms. The normalized spacial score (nSPS) is 18.2. The highest BCUT2D eigenvalue weighted by Gasteiger charge is 2.31. The Labute approximate surface area is 186 Å². The number of hydrogen-bond donors (Lipinski definition) is 1. The number of aromatic hydroxyl groups is 1. The fourth-order valence-corrected chi connectivity index (χ4v) is 4.15. The number of aromatic nitrogens is 2. The molecule has 1 N–H and O–H groups in total. The van der Waals surface area contributed by atoms with Crippen LogP contribution in [0.15, 0.2) is 48.7 Å². The minimum Gasteiger partial charge on any atom is -0.504 e. The summed E-state index contributed by atoms with van der Waals surface area (Å²) in [5.41, 5.74) is 2.68. The van der Waals surface area contributed by atoms with E-state index in [1.807, 2.05) is 30.3 Å². The van der Waals surface area contributed by atoms with Crippen molar-refractivity contribution < 1.29 is 23.8 Å². The number of rotatable bonds is 6. The first kappa shape index (κ1) is 21.9. The van der Waals surface area contributed by atoms with E-state index in [0.29, 0.717) is 18.8 Å². The van der Waals surface area contributed by atoms with Gasteiger partial charge in [-0.1, -0.05) is 32.0 Å². The molecule has 168 valence electrons. The van der Waals surface area contributed by atoms with Crippen LogP contribution in [0.3, 0.4) is 0 Å². The number of hydrogen-bond acceptors (Lipinski definition) is 5. The van der Waals surface area contributed by atoms with E-state index in [2.05, 4.69) is 18.9 Å². The van der Waals surface area contributed by atoms with Crippen molar-refractivity contribution in [1.82, 2.24) is 9.78 Å². The first-order valence-corrected chi connectivity index (χ1v) is 10.8. The predicted octanol–water partition coefficient (Wildman–Crippen LogP) is 5.34. The third-order valence-electron chi connectivity index (χ3n) is 6.02. The van der Waals surface area contributed by atoms with Gasteiger partial charge in [0.15, 0.2) is 17.3 Å². The lowest BCUT2D eigenvalue weighted by atomic mass is 9.97. The third kappa shape index (κ3) is 4.47. The Morgan fingerprint density at radius 2 is 1.94 bits per heavy atom. The molecule has 1 aliphatic rings. The Balaban J connectivity index is 1.42. The van der Waals surface area contributed by atoms with Crippen molar-refractivity contribution in [2.24, 2.45) is 0 Å². The Kier molecular flexibility index (Phi) is 6.17. The van der Waals surface area contributed by atoms with E-state index in [1.54, 1.807) is 6.07 Å². The van der Waals surface area contributed by atoms with Crippen LogP contribution in [0.25, 0.3) is 5.69 Å². The Bertz CT molecular complexity index is 1110. The van der Waals surface area contributed by atoms with Crippen LogP contribution in [-0.2, 0) is 4.74 Å². The van der Waals surface area contributed by atoms with Gasteiger partial charge in [-0.05, 0) is 66.5 Å². The van der Waals surface area contributed by atoms with Gasteiger partial charge >= 0.3 is 5.97 Å². The van der Waals surface area contributed by atoms with E-state index in [1.165, 1.54) is 29.6 Å². The molecule has 2 aromatic carbocycles. The van der Waals surface area contributed by atoms with Crippen molar-refractivity contribution >= 4 is 5.97 Å². The molecule has 0 aliphatic heterocycles. The molecule has 3 aromatic rings. The average molecular weight is 438 g/mol. The second-order valence-electron chi connectivity index (χ2n) is 8.49. The lowest BCUT2D eigenvalue weighted by Gasteiger charge is -2.13. The molecule has 1 aromatic heterocycles. The molecule has 6 nitrogen and oxygen atoms in total. The van der Waals surface area contributed by atoms with E-state index in [0.717, 1.165) is 17.7 Å². The fourth-order valence-electron chi connectivity index (χ4n) is 4.15. The van der Waals surface area contributed by atoms with Crippen molar-refractivity contribution in [2.45, 2.75) is 51.0 Å². The maximum Gasteiger partial charge on any atom is 0.363 e. The van der Waals surface area contributed by atoms with Crippen molar-refractivity contribution in [3.63, 3.8) is 0 Å². The van der Waals surface area contributed by atoms with Crippen LogP contribution in [0.1, 0.15) is 66.6 Å². The molecule has 0 amide bonds. The average Bonchev–Trinajstić information content (AvgIpc) is 3.40. The summed E-state index contributed by atoms with van der Waals surface area (Å²) in [7, 11) is 1.43. The van der Waals surface area contributed by atoms with Gasteiger partial charge in [0.25, 0.3) is 0 Å². The maximum atomic E-state index is 14.0. The first-order valence-electron chi connectivity index (χ1n) is 10.8. The molecular formula is C25H27FN2O4. The van der Waals surface area contributed by atoms with Gasteiger partial charge in [0.2, 0.25) is 5.69 Å². The zero-order valence-corrected chi connectivity index (χ0v) is 18.4. The Hall–Kier alpha value is -3.35. The monoisotopic (exact) mass is 438 g/mol. The lowest BCUT2D eigenvalue weighted by molar-refractivity contribution is 0.0304. The smallest absolute Gasteiger partial charge is 0.363 e. The minimum atomic E-state index is -0.661. The topological polar surface area (TPSA) is 73.6 Å². The van der Waals surface area contributed by atoms with Gasteiger partial charge in [0, 0.05) is 0 Å². The highest BCUT2D eigenvalue weighted by atomic mass is 19.1. The van der Waals surface area contributed by atoms with Crippen LogP contribution < -0.4 is 4.74 Å². The summed E-state index contributed by atoms with van der Waals surface area (Å²) in [6.07, 6.45) is 3.13. The summed E-state index contributed by atoms with van der Waals surface area (Å²) < 4.78 is 26.1. The SMILES string of the molecule is COc1ccc(C2CCC(OC(=O)c3nn(-c4ccc(C(C)C)cc4)cc3O)C2)cc1F. The largest absolute Gasteiger partial charge is 0.504 e. The zero-order chi connectivity index (χ0) is 22.8. The molecular weight excluding hydrogens is 411 g/mol. The number of benzene rings is 2. The molecule has 0 radical (unpaired) electrons. The van der Waals surface area contributed by atoms with E-state index in [9.17, 15) is 14.3 Å². The Morgan fingerprint density at radius 3 is 2.59 bits per heavy atom. The van der Waals surface area contributed by atoms with Crippen LogP contribution >= 0.6 is 0 Å². The summed E-state index contributed by atoms with van der Waals surface area (Å²) in [6.45, 7) is 4.23. The maximum absolute atomic E-state index is 14.0. The molecule has 0 saturated heterocycles. The van der Waals surface area contributed by atoms with Crippen LogP contribution in [-0.4, -0.2) is 34.1 Å². The zero-order valence-electron chi connectivity index (χ0n) is 18.4. The first-order chi connectivity index (χ1) is 15.4. The number of halogens is 1. The summed E-state index contributed by atoms with van der Waals surface area (Å²) in [5.74, 6) is -0.577. The Morgan fingerprint density at radius 1 is 1.19 bits per heavy atom. The number of esters is 1. The number of ether oxygens (including phenoxy) is 2. The van der Waals surface area contributed by atoms with E-state index in [4.69, 9.17) is 9.47 Å². The number of nitrogens with zero attached hydrogens (tertiary/aromatic N) is 2. The molecule has 2 unspecified atom stereocenters. The van der Waals surface area contributed by atoms with Gasteiger partial charge in [-0.25, -0.2) is 13.9 Å². The molecule has 7 heteroatoms. The molecule has 0 spiro atoms. The number of methoxy groups -OCH3 is 1. The predicted molar refractivity (Wildman–Crippen MR) is 118 cm³/mol. The van der Waals surface area contributed by atoms with Gasteiger partial charge in [-0.3, -0.25) is 0 Å². The molecule has 4 rings (SSSR count). The standard InChI is InChI=1S/C25H27FN2O4/c1-15(2)16-4-8-19(9-5-16)28-14-22(29)24(27-28)25(30)32-20-10-6-17(12-20)18-7-11-23(31-3)21(26)13-18/h4-5,7-9,11,13-15,17,20,29H,6,10,12H2,1-3H3. The van der Waals surface area contributed by atoms with Crippen molar-refractivity contribution in [2.75, 3.05) is 7.11 Å². The van der Waals surface area contributed by atoms with Crippen LogP contribution in [0, 0.1) is 5.82 Å². The lowest BCUT2D eigenvalue weighted by Crippen LogP contribution is -2.16. The molecule has 2 atom stereocenters. The van der Waals surface area contributed by atoms with E-state index < -0.39 is 11.8 Å². The summed E-state index contributed by atoms with van der Waals surface area (Å²) in [5, 5.41) is 14.5.